The zero-order chi connectivity index (χ0) is 14.7. The van der Waals surface area contributed by atoms with Gasteiger partial charge in [-0.1, -0.05) is 6.07 Å². The number of carbonyl (C=O) groups is 1. The first-order valence-electron chi connectivity index (χ1n) is 5.83. The van der Waals surface area contributed by atoms with Crippen molar-refractivity contribution in [3.05, 3.63) is 52.3 Å². The Morgan fingerprint density at radius 2 is 2.00 bits per heavy atom. The van der Waals surface area contributed by atoms with Crippen LogP contribution in [0.2, 0.25) is 0 Å². The van der Waals surface area contributed by atoms with Gasteiger partial charge in [-0.15, -0.1) is 0 Å². The van der Waals surface area contributed by atoms with Crippen LogP contribution in [0, 0.1) is 5.82 Å². The molecule has 2 aromatic carbocycles. The van der Waals surface area contributed by atoms with Gasteiger partial charge in [0, 0.05) is 0 Å². The number of carbonyl (C=O) groups excluding carboxylic acids is 1. The van der Waals surface area contributed by atoms with Gasteiger partial charge in [-0.05, 0) is 53.2 Å². The van der Waals surface area contributed by atoms with Crippen molar-refractivity contribution in [2.24, 2.45) is 0 Å². The van der Waals surface area contributed by atoms with E-state index in [1.54, 1.807) is 25.3 Å². The topological polar surface area (TPSA) is 35.5 Å². The first-order chi connectivity index (χ1) is 9.52. The molecule has 0 spiro atoms. The van der Waals surface area contributed by atoms with Crippen molar-refractivity contribution in [3.63, 3.8) is 0 Å². The second kappa shape index (κ2) is 6.05. The Morgan fingerprint density at radius 1 is 1.25 bits per heavy atom. The molecular formula is C15H12BrFO3. The summed E-state index contributed by atoms with van der Waals surface area (Å²) in [6.07, 6.45) is 0. The van der Waals surface area contributed by atoms with Crippen LogP contribution in [0.15, 0.2) is 40.9 Å². The quantitative estimate of drug-likeness (QED) is 0.764. The average molecular weight is 339 g/mol. The van der Waals surface area contributed by atoms with Crippen molar-refractivity contribution in [1.29, 1.82) is 0 Å². The van der Waals surface area contributed by atoms with Crippen LogP contribution in [-0.2, 0) is 0 Å². The Morgan fingerprint density at radius 3 is 2.60 bits per heavy atom. The van der Waals surface area contributed by atoms with Crippen LogP contribution in [0.1, 0.15) is 17.3 Å². The molecule has 2 rings (SSSR count). The molecule has 0 saturated carbocycles. The SMILES string of the molecule is COc1ccc(Oc2c(F)cccc2C(C)=O)c(Br)c1. The van der Waals surface area contributed by atoms with Gasteiger partial charge in [0.15, 0.2) is 17.3 Å². The second-order valence-corrected chi connectivity index (χ2v) is 4.93. The van der Waals surface area contributed by atoms with Crippen molar-refractivity contribution in [2.75, 3.05) is 7.11 Å². The number of hydrogen-bond acceptors (Lipinski definition) is 3. The third-order valence-corrected chi connectivity index (χ3v) is 3.32. The lowest BCUT2D eigenvalue weighted by atomic mass is 10.1. The number of methoxy groups -OCH3 is 1. The molecule has 0 aliphatic heterocycles. The monoisotopic (exact) mass is 338 g/mol. The summed E-state index contributed by atoms with van der Waals surface area (Å²) < 4.78 is 25.1. The lowest BCUT2D eigenvalue weighted by Gasteiger charge is -2.12. The summed E-state index contributed by atoms with van der Waals surface area (Å²) in [6, 6.07) is 9.27. The number of para-hydroxylation sites is 1. The molecule has 0 amide bonds. The molecule has 0 heterocycles. The standard InChI is InChI=1S/C15H12BrFO3/c1-9(18)11-4-3-5-13(17)15(11)20-14-7-6-10(19-2)8-12(14)16/h3-8H,1-2H3. The van der Waals surface area contributed by atoms with Crippen molar-refractivity contribution in [1.82, 2.24) is 0 Å². The van der Waals surface area contributed by atoms with Crippen molar-refractivity contribution < 1.29 is 18.7 Å². The third-order valence-electron chi connectivity index (χ3n) is 2.70. The van der Waals surface area contributed by atoms with Crippen LogP contribution in [-0.4, -0.2) is 12.9 Å². The molecule has 0 radical (unpaired) electrons. The van der Waals surface area contributed by atoms with Crippen LogP contribution < -0.4 is 9.47 Å². The first-order valence-corrected chi connectivity index (χ1v) is 6.63. The van der Waals surface area contributed by atoms with Gasteiger partial charge in [-0.3, -0.25) is 4.79 Å². The number of rotatable bonds is 4. The minimum Gasteiger partial charge on any atom is -0.497 e. The van der Waals surface area contributed by atoms with Crippen LogP contribution in [0.4, 0.5) is 4.39 Å². The zero-order valence-corrected chi connectivity index (χ0v) is 12.5. The molecule has 0 atom stereocenters. The molecule has 0 aromatic heterocycles. The predicted molar refractivity (Wildman–Crippen MR) is 77.2 cm³/mol. The molecular weight excluding hydrogens is 327 g/mol. The highest BCUT2D eigenvalue weighted by Crippen LogP contribution is 2.35. The highest BCUT2D eigenvalue weighted by atomic mass is 79.9. The van der Waals surface area contributed by atoms with E-state index in [2.05, 4.69) is 15.9 Å². The van der Waals surface area contributed by atoms with Crippen molar-refractivity contribution >= 4 is 21.7 Å². The van der Waals surface area contributed by atoms with Crippen LogP contribution in [0.5, 0.6) is 17.2 Å². The van der Waals surface area contributed by atoms with Crippen LogP contribution >= 0.6 is 15.9 Å². The van der Waals surface area contributed by atoms with Gasteiger partial charge >= 0.3 is 0 Å². The Bertz CT molecular complexity index is 656. The summed E-state index contributed by atoms with van der Waals surface area (Å²) in [5.74, 6) is 0.123. The number of ketones is 1. The fourth-order valence-corrected chi connectivity index (χ4v) is 2.13. The summed E-state index contributed by atoms with van der Waals surface area (Å²) in [5, 5.41) is 0. The molecule has 0 aliphatic carbocycles. The minimum atomic E-state index is -0.583. The number of benzene rings is 2. The van der Waals surface area contributed by atoms with Crippen molar-refractivity contribution in [3.8, 4) is 17.2 Å². The normalized spacial score (nSPS) is 10.2. The average Bonchev–Trinajstić information content (AvgIpc) is 2.42. The molecule has 0 bridgehead atoms. The Hall–Kier alpha value is -1.88. The fourth-order valence-electron chi connectivity index (χ4n) is 1.69. The molecule has 0 aliphatic rings. The summed E-state index contributed by atoms with van der Waals surface area (Å²) in [5.41, 5.74) is 0.202. The van der Waals surface area contributed by atoms with Gasteiger partial charge in [-0.2, -0.15) is 0 Å². The predicted octanol–water partition coefficient (Wildman–Crippen LogP) is 4.59. The maximum absolute atomic E-state index is 13.9. The summed E-state index contributed by atoms with van der Waals surface area (Å²) >= 11 is 3.32. The summed E-state index contributed by atoms with van der Waals surface area (Å²) in [7, 11) is 1.55. The van der Waals surface area contributed by atoms with E-state index in [0.717, 1.165) is 0 Å². The maximum atomic E-state index is 13.9. The van der Waals surface area contributed by atoms with E-state index in [9.17, 15) is 9.18 Å². The van der Waals surface area contributed by atoms with E-state index >= 15 is 0 Å². The molecule has 5 heteroatoms. The maximum Gasteiger partial charge on any atom is 0.173 e. The molecule has 2 aromatic rings. The van der Waals surface area contributed by atoms with E-state index in [1.165, 1.54) is 25.1 Å². The third kappa shape index (κ3) is 2.99. The molecule has 0 saturated heterocycles. The van der Waals surface area contributed by atoms with E-state index in [4.69, 9.17) is 9.47 Å². The molecule has 0 N–H and O–H groups in total. The van der Waals surface area contributed by atoms with E-state index in [1.807, 2.05) is 0 Å². The van der Waals surface area contributed by atoms with Crippen LogP contribution in [0.25, 0.3) is 0 Å². The molecule has 20 heavy (non-hydrogen) atoms. The van der Waals surface area contributed by atoms with Gasteiger partial charge < -0.3 is 9.47 Å². The highest BCUT2D eigenvalue weighted by molar-refractivity contribution is 9.10. The van der Waals surface area contributed by atoms with Gasteiger partial charge in [-0.25, -0.2) is 4.39 Å². The number of Topliss-reactive ketones (excluding diaryl/α,β-unsaturated/α-hetero) is 1. The summed E-state index contributed by atoms with van der Waals surface area (Å²) in [4.78, 5) is 11.5. The van der Waals surface area contributed by atoms with E-state index < -0.39 is 5.82 Å². The molecule has 0 unspecified atom stereocenters. The lowest BCUT2D eigenvalue weighted by Crippen LogP contribution is -2.00. The molecule has 3 nitrogen and oxygen atoms in total. The highest BCUT2D eigenvalue weighted by Gasteiger charge is 2.15. The smallest absolute Gasteiger partial charge is 0.173 e. The lowest BCUT2D eigenvalue weighted by molar-refractivity contribution is 0.101. The van der Waals surface area contributed by atoms with Gasteiger partial charge in [0.2, 0.25) is 0 Å². The Labute approximate surface area is 124 Å². The number of hydrogen-bond donors (Lipinski definition) is 0. The number of halogens is 2. The van der Waals surface area contributed by atoms with Gasteiger partial charge in [0.1, 0.15) is 11.5 Å². The van der Waals surface area contributed by atoms with E-state index in [-0.39, 0.29) is 17.1 Å². The van der Waals surface area contributed by atoms with Gasteiger partial charge in [0.25, 0.3) is 0 Å². The van der Waals surface area contributed by atoms with Crippen molar-refractivity contribution in [2.45, 2.75) is 6.92 Å². The van der Waals surface area contributed by atoms with Crippen LogP contribution in [0.3, 0.4) is 0 Å². The van der Waals surface area contributed by atoms with Gasteiger partial charge in [0.05, 0.1) is 17.1 Å². The first kappa shape index (κ1) is 14.5. The number of ether oxygens (including phenoxy) is 2. The largest absolute Gasteiger partial charge is 0.497 e. The molecule has 104 valence electrons. The molecule has 0 fully saturated rings. The Balaban J connectivity index is 2.42. The summed E-state index contributed by atoms with van der Waals surface area (Å²) in [6.45, 7) is 1.37. The fraction of sp³-hybridized carbons (Fsp3) is 0.133. The Kier molecular flexibility index (Phi) is 4.39. The second-order valence-electron chi connectivity index (χ2n) is 4.07. The zero-order valence-electron chi connectivity index (χ0n) is 10.9. The minimum absolute atomic E-state index is 0.0779. The van der Waals surface area contributed by atoms with E-state index in [0.29, 0.717) is 16.0 Å².